The molecule has 2 atom stereocenters. The number of rotatable bonds is 2. The third-order valence-electron chi connectivity index (χ3n) is 5.86. The van der Waals surface area contributed by atoms with Gasteiger partial charge in [0, 0.05) is 50.5 Å². The second-order valence-corrected chi connectivity index (χ2v) is 7.47. The molecule has 0 spiro atoms. The number of amides is 4. The van der Waals surface area contributed by atoms with Crippen molar-refractivity contribution in [1.82, 2.24) is 15.1 Å². The van der Waals surface area contributed by atoms with Gasteiger partial charge in [-0.2, -0.15) is 0 Å². The summed E-state index contributed by atoms with van der Waals surface area (Å²) in [5.41, 5.74) is 2.31. The van der Waals surface area contributed by atoms with Gasteiger partial charge in [0.05, 0.1) is 5.92 Å². The molecule has 4 fully saturated rings. The molecule has 2 bridgehead atoms. The van der Waals surface area contributed by atoms with E-state index in [1.54, 1.807) is 15.9 Å². The Bertz CT molecular complexity index is 778. The minimum atomic E-state index is -0.127. The third-order valence-corrected chi connectivity index (χ3v) is 5.86. The van der Waals surface area contributed by atoms with Crippen molar-refractivity contribution in [1.29, 1.82) is 0 Å². The van der Waals surface area contributed by atoms with Crippen LogP contribution in [-0.4, -0.2) is 66.9 Å². The van der Waals surface area contributed by atoms with Gasteiger partial charge >= 0.3 is 6.03 Å². The minimum Gasteiger partial charge on any atom is -0.341 e. The van der Waals surface area contributed by atoms with E-state index in [1.165, 1.54) is 0 Å². The molecular weight excluding hydrogens is 332 g/mol. The molecule has 138 valence electrons. The van der Waals surface area contributed by atoms with E-state index in [0.717, 1.165) is 24.1 Å². The molecule has 0 saturated carbocycles. The molecule has 0 radical (unpaired) electrons. The summed E-state index contributed by atoms with van der Waals surface area (Å²) < 4.78 is 0. The molecule has 4 aliphatic heterocycles. The van der Waals surface area contributed by atoms with Gasteiger partial charge in [0.15, 0.2) is 0 Å². The number of hydrogen-bond donors (Lipinski definition) is 1. The zero-order chi connectivity index (χ0) is 18.4. The summed E-state index contributed by atoms with van der Waals surface area (Å²) in [5.74, 6) is -0.0160. The summed E-state index contributed by atoms with van der Waals surface area (Å²) in [5, 5.41) is 2.79. The quantitative estimate of drug-likeness (QED) is 0.866. The first-order valence-electron chi connectivity index (χ1n) is 9.17. The van der Waals surface area contributed by atoms with Crippen LogP contribution < -0.4 is 10.2 Å². The number of carbonyl (C=O) groups excluding carboxylic acids is 3. The molecule has 1 aromatic rings. The molecule has 0 aliphatic carbocycles. The molecule has 0 unspecified atom stereocenters. The lowest BCUT2D eigenvalue weighted by atomic mass is 9.95. The van der Waals surface area contributed by atoms with Crippen LogP contribution in [0, 0.1) is 12.8 Å². The topological polar surface area (TPSA) is 73.0 Å². The number of nitrogens with zero attached hydrogens (tertiary/aromatic N) is 3. The first-order valence-corrected chi connectivity index (χ1v) is 9.17. The predicted octanol–water partition coefficient (Wildman–Crippen LogP) is 1.22. The average molecular weight is 356 g/mol. The first kappa shape index (κ1) is 16.9. The van der Waals surface area contributed by atoms with Crippen LogP contribution in [0.15, 0.2) is 18.2 Å². The van der Waals surface area contributed by atoms with Crippen molar-refractivity contribution in [2.24, 2.45) is 5.92 Å². The van der Waals surface area contributed by atoms with Gasteiger partial charge in [-0.15, -0.1) is 0 Å². The van der Waals surface area contributed by atoms with Crippen molar-refractivity contribution in [2.45, 2.75) is 25.8 Å². The van der Waals surface area contributed by atoms with Crippen molar-refractivity contribution >= 4 is 23.5 Å². The lowest BCUT2D eigenvalue weighted by molar-refractivity contribution is -0.138. The van der Waals surface area contributed by atoms with Crippen molar-refractivity contribution in [3.63, 3.8) is 0 Å². The van der Waals surface area contributed by atoms with E-state index >= 15 is 0 Å². The van der Waals surface area contributed by atoms with E-state index in [0.29, 0.717) is 31.7 Å². The molecule has 26 heavy (non-hydrogen) atoms. The van der Waals surface area contributed by atoms with E-state index in [4.69, 9.17) is 0 Å². The zero-order valence-corrected chi connectivity index (χ0v) is 15.2. The zero-order valence-electron chi connectivity index (χ0n) is 15.2. The Balaban J connectivity index is 1.61. The molecular formula is C19H24N4O3. The van der Waals surface area contributed by atoms with Crippen molar-refractivity contribution in [3.8, 4) is 0 Å². The number of fused-ring (bicyclic) bond motifs is 4. The van der Waals surface area contributed by atoms with Crippen LogP contribution >= 0.6 is 0 Å². The van der Waals surface area contributed by atoms with Gasteiger partial charge in [-0.3, -0.25) is 14.5 Å². The van der Waals surface area contributed by atoms with Gasteiger partial charge in [0.1, 0.15) is 0 Å². The maximum absolute atomic E-state index is 13.1. The number of benzene rings is 1. The highest BCUT2D eigenvalue weighted by molar-refractivity contribution is 5.99. The van der Waals surface area contributed by atoms with Crippen LogP contribution in [0.3, 0.4) is 0 Å². The SMILES string of the molecule is Cc1ccc(C(=O)N2C[C@@H]3CC[C@H](C2)N(C)C3=O)cc1N1CCNC1=O. The molecule has 4 amide bonds. The Morgan fingerprint density at radius 2 is 2.00 bits per heavy atom. The number of hydrogen-bond acceptors (Lipinski definition) is 3. The molecule has 5 rings (SSSR count). The van der Waals surface area contributed by atoms with Gasteiger partial charge in [0.25, 0.3) is 5.91 Å². The van der Waals surface area contributed by atoms with Gasteiger partial charge in [0.2, 0.25) is 5.91 Å². The number of likely N-dealkylation sites (N-methyl/N-ethyl adjacent to an activating group) is 1. The van der Waals surface area contributed by atoms with Crippen LogP contribution in [0.25, 0.3) is 0 Å². The lowest BCUT2D eigenvalue weighted by Gasteiger charge is -2.32. The summed E-state index contributed by atoms with van der Waals surface area (Å²) in [4.78, 5) is 42.8. The fraction of sp³-hybridized carbons (Fsp3) is 0.526. The molecule has 0 aromatic heterocycles. The van der Waals surface area contributed by atoms with Gasteiger partial charge < -0.3 is 15.1 Å². The summed E-state index contributed by atoms with van der Waals surface area (Å²) in [7, 11) is 1.84. The summed E-state index contributed by atoms with van der Waals surface area (Å²) in [6.07, 6.45) is 1.80. The van der Waals surface area contributed by atoms with Crippen LogP contribution in [-0.2, 0) is 4.79 Å². The molecule has 1 N–H and O–H groups in total. The Hall–Kier alpha value is -2.57. The van der Waals surface area contributed by atoms with Crippen LogP contribution in [0.5, 0.6) is 0 Å². The number of nitrogens with one attached hydrogen (secondary N) is 1. The van der Waals surface area contributed by atoms with Crippen molar-refractivity contribution in [2.75, 3.05) is 38.1 Å². The first-order chi connectivity index (χ1) is 12.5. The highest BCUT2D eigenvalue weighted by Crippen LogP contribution is 2.30. The molecule has 4 heterocycles. The standard InChI is InChI=1S/C19H24N4O3/c1-12-3-4-13(9-16(12)23-8-7-20-19(23)26)18(25)22-10-14-5-6-15(11-22)21(2)17(14)24/h3-4,9,14-15H,5-8,10-11H2,1-2H3,(H,20,26)/t14-,15+/m0/s1. The summed E-state index contributed by atoms with van der Waals surface area (Å²) in [6, 6.07) is 5.48. The second-order valence-electron chi connectivity index (χ2n) is 7.47. The number of anilines is 1. The van der Waals surface area contributed by atoms with Gasteiger partial charge in [-0.1, -0.05) is 6.07 Å². The fourth-order valence-corrected chi connectivity index (χ4v) is 4.24. The normalized spacial score (nSPS) is 25.5. The molecule has 4 saturated heterocycles. The summed E-state index contributed by atoms with van der Waals surface area (Å²) >= 11 is 0. The van der Waals surface area contributed by atoms with E-state index < -0.39 is 0 Å². The average Bonchev–Trinajstić information content (AvgIpc) is 2.88. The maximum atomic E-state index is 13.1. The fourth-order valence-electron chi connectivity index (χ4n) is 4.24. The number of carbonyl (C=O) groups is 3. The van der Waals surface area contributed by atoms with Crippen LogP contribution in [0.4, 0.5) is 10.5 Å². The highest BCUT2D eigenvalue weighted by Gasteiger charge is 2.40. The third kappa shape index (κ3) is 2.71. The Morgan fingerprint density at radius 1 is 1.19 bits per heavy atom. The molecule has 1 aromatic carbocycles. The predicted molar refractivity (Wildman–Crippen MR) is 97.1 cm³/mol. The molecule has 7 heteroatoms. The van der Waals surface area contributed by atoms with Crippen molar-refractivity contribution < 1.29 is 14.4 Å². The van der Waals surface area contributed by atoms with Gasteiger partial charge in [-0.05, 0) is 37.5 Å². The largest absolute Gasteiger partial charge is 0.341 e. The number of piperidine rings is 1. The maximum Gasteiger partial charge on any atom is 0.322 e. The van der Waals surface area contributed by atoms with E-state index in [1.807, 2.05) is 31.0 Å². The number of urea groups is 1. The Labute approximate surface area is 152 Å². The Kier molecular flexibility index (Phi) is 4.09. The molecule has 4 aliphatic rings. The summed E-state index contributed by atoms with van der Waals surface area (Å²) in [6.45, 7) is 4.21. The second kappa shape index (κ2) is 6.30. The smallest absolute Gasteiger partial charge is 0.322 e. The number of aryl methyl sites for hydroxylation is 1. The van der Waals surface area contributed by atoms with Gasteiger partial charge in [-0.25, -0.2) is 4.79 Å². The van der Waals surface area contributed by atoms with E-state index in [-0.39, 0.29) is 29.8 Å². The Morgan fingerprint density at radius 3 is 2.73 bits per heavy atom. The lowest BCUT2D eigenvalue weighted by Crippen LogP contribution is -2.45. The van der Waals surface area contributed by atoms with E-state index in [2.05, 4.69) is 5.32 Å². The highest BCUT2D eigenvalue weighted by atomic mass is 16.2. The molecule has 7 nitrogen and oxygen atoms in total. The van der Waals surface area contributed by atoms with Crippen molar-refractivity contribution in [3.05, 3.63) is 29.3 Å². The monoisotopic (exact) mass is 356 g/mol. The minimum absolute atomic E-state index is 0.0640. The van der Waals surface area contributed by atoms with Crippen LogP contribution in [0.1, 0.15) is 28.8 Å². The van der Waals surface area contributed by atoms with E-state index in [9.17, 15) is 14.4 Å². The van der Waals surface area contributed by atoms with Crippen LogP contribution in [0.2, 0.25) is 0 Å².